The van der Waals surface area contributed by atoms with Crippen LogP contribution in [0.5, 0.6) is 5.75 Å². The summed E-state index contributed by atoms with van der Waals surface area (Å²) in [6.07, 6.45) is 4.34. The van der Waals surface area contributed by atoms with Crippen LogP contribution in [0, 0.1) is 19.8 Å². The van der Waals surface area contributed by atoms with E-state index >= 15 is 0 Å². The van der Waals surface area contributed by atoms with Crippen molar-refractivity contribution in [2.75, 3.05) is 26.7 Å². The minimum atomic E-state index is 0.580. The van der Waals surface area contributed by atoms with Crippen LogP contribution in [0.4, 0.5) is 0 Å². The third-order valence-electron chi connectivity index (χ3n) is 4.55. The predicted octanol–water partition coefficient (Wildman–Crippen LogP) is 2.90. The molecule has 2 rings (SSSR count). The van der Waals surface area contributed by atoms with E-state index in [1.807, 2.05) is 13.1 Å². The molecule has 0 bridgehead atoms. The van der Waals surface area contributed by atoms with Crippen molar-refractivity contribution in [2.24, 2.45) is 10.9 Å². The van der Waals surface area contributed by atoms with Crippen molar-refractivity contribution in [3.05, 3.63) is 23.0 Å². The Morgan fingerprint density at radius 1 is 1.39 bits per heavy atom. The van der Waals surface area contributed by atoms with Crippen LogP contribution in [-0.2, 0) is 6.54 Å². The fourth-order valence-corrected chi connectivity index (χ4v) is 3.03. The Hall–Kier alpha value is -1.78. The molecule has 1 N–H and O–H groups in total. The zero-order valence-electron chi connectivity index (χ0n) is 15.1. The minimum Gasteiger partial charge on any atom is -0.496 e. The number of likely N-dealkylation sites (tertiary alicyclic amines) is 1. The van der Waals surface area contributed by atoms with E-state index in [1.165, 1.54) is 12.8 Å². The molecule has 0 radical (unpaired) electrons. The Bertz CT molecular complexity index is 548. The standard InChI is InChI=1S/C18H30N4O/c1-6-19-18(22-9-7-13(2)8-10-22)21-12-16-15(4)17(23-5)14(3)11-20-16/h11,13H,6-10,12H2,1-5H3,(H,19,21). The quantitative estimate of drug-likeness (QED) is 0.685. The fourth-order valence-electron chi connectivity index (χ4n) is 3.03. The summed E-state index contributed by atoms with van der Waals surface area (Å²) in [7, 11) is 1.71. The van der Waals surface area contributed by atoms with Crippen LogP contribution in [0.3, 0.4) is 0 Å². The van der Waals surface area contributed by atoms with Crippen LogP contribution in [-0.4, -0.2) is 42.6 Å². The largest absolute Gasteiger partial charge is 0.496 e. The molecule has 5 nitrogen and oxygen atoms in total. The van der Waals surface area contributed by atoms with Gasteiger partial charge in [0, 0.05) is 37.0 Å². The molecule has 0 atom stereocenters. The summed E-state index contributed by atoms with van der Waals surface area (Å²) in [5, 5.41) is 3.41. The zero-order chi connectivity index (χ0) is 16.8. The van der Waals surface area contributed by atoms with Gasteiger partial charge in [-0.25, -0.2) is 4.99 Å². The second kappa shape index (κ2) is 8.18. The molecule has 128 valence electrons. The average Bonchev–Trinajstić information content (AvgIpc) is 2.54. The van der Waals surface area contributed by atoms with Gasteiger partial charge in [-0.3, -0.25) is 4.98 Å². The van der Waals surface area contributed by atoms with E-state index < -0.39 is 0 Å². The molecule has 0 spiro atoms. The lowest BCUT2D eigenvalue weighted by atomic mass is 10.00. The molecule has 23 heavy (non-hydrogen) atoms. The maximum Gasteiger partial charge on any atom is 0.194 e. The molecule has 1 aromatic rings. The van der Waals surface area contributed by atoms with Gasteiger partial charge < -0.3 is 15.0 Å². The number of aliphatic imine (C=N–C) groups is 1. The van der Waals surface area contributed by atoms with Gasteiger partial charge in [-0.2, -0.15) is 0 Å². The van der Waals surface area contributed by atoms with E-state index in [9.17, 15) is 0 Å². The van der Waals surface area contributed by atoms with Crippen molar-refractivity contribution in [1.29, 1.82) is 0 Å². The van der Waals surface area contributed by atoms with Crippen LogP contribution in [0.25, 0.3) is 0 Å². The van der Waals surface area contributed by atoms with Crippen LogP contribution in [0.2, 0.25) is 0 Å². The molecule has 5 heteroatoms. The van der Waals surface area contributed by atoms with Gasteiger partial charge in [-0.05, 0) is 39.5 Å². The Labute approximate surface area is 140 Å². The van der Waals surface area contributed by atoms with Gasteiger partial charge in [0.05, 0.1) is 19.3 Å². The van der Waals surface area contributed by atoms with Crippen molar-refractivity contribution >= 4 is 5.96 Å². The maximum absolute atomic E-state index is 5.48. The summed E-state index contributed by atoms with van der Waals surface area (Å²) in [4.78, 5) is 11.7. The number of ether oxygens (including phenoxy) is 1. The third kappa shape index (κ3) is 4.36. The number of pyridine rings is 1. The Balaban J connectivity index is 2.14. The van der Waals surface area contributed by atoms with E-state index in [0.717, 1.165) is 54.1 Å². The first-order valence-electron chi connectivity index (χ1n) is 8.59. The molecule has 1 aromatic heterocycles. The number of aromatic nitrogens is 1. The van der Waals surface area contributed by atoms with Gasteiger partial charge >= 0.3 is 0 Å². The van der Waals surface area contributed by atoms with Crippen molar-refractivity contribution < 1.29 is 4.74 Å². The number of nitrogens with zero attached hydrogens (tertiary/aromatic N) is 3. The Morgan fingerprint density at radius 3 is 2.70 bits per heavy atom. The molecule has 1 fully saturated rings. The lowest BCUT2D eigenvalue weighted by Crippen LogP contribution is -2.45. The highest BCUT2D eigenvalue weighted by Crippen LogP contribution is 2.24. The summed E-state index contributed by atoms with van der Waals surface area (Å²) < 4.78 is 5.48. The molecule has 1 aliphatic heterocycles. The average molecular weight is 318 g/mol. The molecule has 0 aromatic carbocycles. The zero-order valence-corrected chi connectivity index (χ0v) is 15.1. The van der Waals surface area contributed by atoms with Gasteiger partial charge in [0.1, 0.15) is 5.75 Å². The second-order valence-corrected chi connectivity index (χ2v) is 6.39. The Morgan fingerprint density at radius 2 is 2.09 bits per heavy atom. The number of rotatable bonds is 4. The summed E-state index contributed by atoms with van der Waals surface area (Å²) in [5.41, 5.74) is 3.13. The number of piperidine rings is 1. The lowest BCUT2D eigenvalue weighted by molar-refractivity contribution is 0.273. The number of hydrogen-bond donors (Lipinski definition) is 1. The minimum absolute atomic E-state index is 0.580. The number of nitrogens with one attached hydrogen (secondary N) is 1. The first kappa shape index (κ1) is 17.6. The van der Waals surface area contributed by atoms with E-state index in [4.69, 9.17) is 9.73 Å². The fraction of sp³-hybridized carbons (Fsp3) is 0.667. The van der Waals surface area contributed by atoms with Crippen molar-refractivity contribution in [3.63, 3.8) is 0 Å². The van der Waals surface area contributed by atoms with E-state index in [-0.39, 0.29) is 0 Å². The van der Waals surface area contributed by atoms with Gasteiger partial charge in [0.15, 0.2) is 5.96 Å². The van der Waals surface area contributed by atoms with Crippen LogP contribution in [0.15, 0.2) is 11.2 Å². The van der Waals surface area contributed by atoms with Crippen LogP contribution in [0.1, 0.15) is 43.5 Å². The molecule has 2 heterocycles. The normalized spacial score (nSPS) is 16.6. The van der Waals surface area contributed by atoms with Gasteiger partial charge in [-0.1, -0.05) is 6.92 Å². The van der Waals surface area contributed by atoms with E-state index in [0.29, 0.717) is 6.54 Å². The summed E-state index contributed by atoms with van der Waals surface area (Å²) in [6, 6.07) is 0. The maximum atomic E-state index is 5.48. The molecule has 0 amide bonds. The summed E-state index contributed by atoms with van der Waals surface area (Å²) in [6.45, 7) is 12.1. The number of guanidine groups is 1. The van der Waals surface area contributed by atoms with E-state index in [1.54, 1.807) is 7.11 Å². The van der Waals surface area contributed by atoms with Crippen LogP contribution >= 0.6 is 0 Å². The SMILES string of the molecule is CCNC(=NCc1ncc(C)c(OC)c1C)N1CCC(C)CC1. The van der Waals surface area contributed by atoms with Crippen molar-refractivity contribution in [3.8, 4) is 5.75 Å². The van der Waals surface area contributed by atoms with Gasteiger partial charge in [0.25, 0.3) is 0 Å². The highest BCUT2D eigenvalue weighted by atomic mass is 16.5. The number of hydrogen-bond acceptors (Lipinski definition) is 3. The van der Waals surface area contributed by atoms with Gasteiger partial charge in [-0.15, -0.1) is 0 Å². The third-order valence-corrected chi connectivity index (χ3v) is 4.55. The van der Waals surface area contributed by atoms with Gasteiger partial charge in [0.2, 0.25) is 0 Å². The molecule has 1 saturated heterocycles. The smallest absolute Gasteiger partial charge is 0.194 e. The summed E-state index contributed by atoms with van der Waals surface area (Å²) in [5.74, 6) is 2.74. The number of aryl methyl sites for hydroxylation is 1. The Kier molecular flexibility index (Phi) is 6.25. The monoisotopic (exact) mass is 318 g/mol. The first-order chi connectivity index (χ1) is 11.1. The van der Waals surface area contributed by atoms with Crippen LogP contribution < -0.4 is 10.1 Å². The highest BCUT2D eigenvalue weighted by molar-refractivity contribution is 5.80. The highest BCUT2D eigenvalue weighted by Gasteiger charge is 2.18. The molecule has 1 aliphatic rings. The predicted molar refractivity (Wildman–Crippen MR) is 95.0 cm³/mol. The first-order valence-corrected chi connectivity index (χ1v) is 8.59. The second-order valence-electron chi connectivity index (χ2n) is 6.39. The number of methoxy groups -OCH3 is 1. The molecule has 0 aliphatic carbocycles. The molecular formula is C18H30N4O. The molecule has 0 unspecified atom stereocenters. The van der Waals surface area contributed by atoms with Crippen molar-refractivity contribution in [2.45, 2.75) is 47.1 Å². The molecule has 0 saturated carbocycles. The molecular weight excluding hydrogens is 288 g/mol. The summed E-state index contributed by atoms with van der Waals surface area (Å²) >= 11 is 0. The van der Waals surface area contributed by atoms with Crippen molar-refractivity contribution in [1.82, 2.24) is 15.2 Å². The topological polar surface area (TPSA) is 49.8 Å². The lowest BCUT2D eigenvalue weighted by Gasteiger charge is -2.33. The van der Waals surface area contributed by atoms with E-state index in [2.05, 4.69) is 36.0 Å².